The summed E-state index contributed by atoms with van der Waals surface area (Å²) in [5.41, 5.74) is 0.830. The molecule has 5 nitrogen and oxygen atoms in total. The van der Waals surface area contributed by atoms with E-state index in [-0.39, 0.29) is 22.8 Å². The molecule has 100 valence electrons. The summed E-state index contributed by atoms with van der Waals surface area (Å²) in [5, 5.41) is 20.2. The summed E-state index contributed by atoms with van der Waals surface area (Å²) in [7, 11) is 0. The van der Waals surface area contributed by atoms with Gasteiger partial charge < -0.3 is 10.4 Å². The number of hydrogen-bond acceptors (Lipinski definition) is 5. The molecular weight excluding hydrogens is 262 g/mol. The van der Waals surface area contributed by atoms with Crippen molar-refractivity contribution < 1.29 is 9.90 Å². The highest BCUT2D eigenvalue weighted by molar-refractivity contribution is 8.15. The maximum atomic E-state index is 11.6. The van der Waals surface area contributed by atoms with E-state index < -0.39 is 0 Å². The van der Waals surface area contributed by atoms with E-state index in [9.17, 15) is 4.79 Å². The van der Waals surface area contributed by atoms with Crippen LogP contribution in [0.4, 0.5) is 0 Å². The van der Waals surface area contributed by atoms with Crippen molar-refractivity contribution in [2.24, 2.45) is 16.1 Å². The second-order valence-electron chi connectivity index (χ2n) is 4.51. The van der Waals surface area contributed by atoms with Gasteiger partial charge in [-0.25, -0.2) is 0 Å². The molecule has 0 spiro atoms. The van der Waals surface area contributed by atoms with Crippen LogP contribution in [0.3, 0.4) is 0 Å². The summed E-state index contributed by atoms with van der Waals surface area (Å²) in [5.74, 6) is 0.458. The molecule has 19 heavy (non-hydrogen) atoms. The van der Waals surface area contributed by atoms with E-state index in [0.717, 1.165) is 5.56 Å². The van der Waals surface area contributed by atoms with E-state index in [1.807, 2.05) is 13.8 Å². The van der Waals surface area contributed by atoms with Crippen molar-refractivity contribution in [1.82, 2.24) is 5.32 Å². The van der Waals surface area contributed by atoms with Crippen LogP contribution in [0.2, 0.25) is 0 Å². The van der Waals surface area contributed by atoms with E-state index in [0.29, 0.717) is 5.17 Å². The Bertz CT molecular complexity index is 523. The van der Waals surface area contributed by atoms with Crippen molar-refractivity contribution >= 4 is 29.1 Å². The third kappa shape index (κ3) is 3.57. The number of carbonyl (C=O) groups is 1. The Morgan fingerprint density at radius 1 is 1.37 bits per heavy atom. The number of nitrogens with one attached hydrogen (secondary N) is 1. The first-order valence-corrected chi connectivity index (χ1v) is 6.82. The second kappa shape index (κ2) is 5.88. The average Bonchev–Trinajstić information content (AvgIpc) is 2.73. The van der Waals surface area contributed by atoms with Gasteiger partial charge in [0.15, 0.2) is 5.17 Å². The van der Waals surface area contributed by atoms with E-state index in [1.54, 1.807) is 30.5 Å². The molecule has 2 N–H and O–H groups in total. The van der Waals surface area contributed by atoms with Gasteiger partial charge in [-0.2, -0.15) is 5.10 Å². The normalized spacial score (nSPS) is 21.5. The summed E-state index contributed by atoms with van der Waals surface area (Å²) in [6, 6.07) is 6.62. The molecule has 0 radical (unpaired) electrons. The van der Waals surface area contributed by atoms with Gasteiger partial charge >= 0.3 is 0 Å². The Morgan fingerprint density at radius 2 is 2.05 bits per heavy atom. The van der Waals surface area contributed by atoms with Crippen LogP contribution in [0.25, 0.3) is 0 Å². The Labute approximate surface area is 115 Å². The smallest absolute Gasteiger partial charge is 0.239 e. The third-order valence-electron chi connectivity index (χ3n) is 2.58. The minimum absolute atomic E-state index is 0.0152. The monoisotopic (exact) mass is 277 g/mol. The molecule has 0 bridgehead atoms. The van der Waals surface area contributed by atoms with Crippen molar-refractivity contribution in [2.45, 2.75) is 19.1 Å². The number of nitrogens with zero attached hydrogens (tertiary/aromatic N) is 2. The van der Waals surface area contributed by atoms with Crippen molar-refractivity contribution in [3.8, 4) is 5.75 Å². The maximum Gasteiger partial charge on any atom is 0.239 e. The van der Waals surface area contributed by atoms with Crippen molar-refractivity contribution in [1.29, 1.82) is 0 Å². The minimum Gasteiger partial charge on any atom is -0.508 e. The predicted octanol–water partition coefficient (Wildman–Crippen LogP) is 1.97. The van der Waals surface area contributed by atoms with Crippen LogP contribution >= 0.6 is 11.8 Å². The highest BCUT2D eigenvalue weighted by atomic mass is 32.2. The second-order valence-corrected chi connectivity index (χ2v) is 5.64. The maximum absolute atomic E-state index is 11.6. The molecule has 2 rings (SSSR count). The summed E-state index contributed by atoms with van der Waals surface area (Å²) >= 11 is 1.40. The number of thioether (sulfide) groups is 1. The van der Waals surface area contributed by atoms with Gasteiger partial charge in [-0.3, -0.25) is 4.79 Å². The summed E-state index contributed by atoms with van der Waals surface area (Å²) in [4.78, 5) is 11.6. The number of amides is 1. The quantitative estimate of drug-likeness (QED) is 0.655. The molecule has 1 aromatic carbocycles. The number of benzene rings is 1. The zero-order valence-corrected chi connectivity index (χ0v) is 11.5. The van der Waals surface area contributed by atoms with Crippen LogP contribution in [0, 0.1) is 5.92 Å². The van der Waals surface area contributed by atoms with Gasteiger partial charge in [0.05, 0.1) is 11.5 Å². The average molecular weight is 277 g/mol. The van der Waals surface area contributed by atoms with Crippen molar-refractivity contribution in [3.63, 3.8) is 0 Å². The highest BCUT2D eigenvalue weighted by Crippen LogP contribution is 2.25. The van der Waals surface area contributed by atoms with Gasteiger partial charge in [0.25, 0.3) is 0 Å². The Morgan fingerprint density at radius 3 is 2.63 bits per heavy atom. The van der Waals surface area contributed by atoms with E-state index in [1.165, 1.54) is 11.8 Å². The Balaban J connectivity index is 2.00. The molecule has 0 aliphatic carbocycles. The largest absolute Gasteiger partial charge is 0.508 e. The molecule has 1 saturated heterocycles. The standard InChI is InChI=1S/C13H15N3O2S/c1-8(2)11-12(18)15-13(19-11)16-14-7-9-3-5-10(17)6-4-9/h3-8,11,17H,1-2H3,(H,15,16,18)/b14-7-/t11-/m0/s1. The number of amidine groups is 1. The van der Waals surface area contributed by atoms with Crippen LogP contribution in [-0.2, 0) is 4.79 Å². The van der Waals surface area contributed by atoms with Crippen LogP contribution in [0.5, 0.6) is 5.75 Å². The molecule has 1 fully saturated rings. The first-order chi connectivity index (χ1) is 9.06. The molecule has 0 saturated carbocycles. The summed E-state index contributed by atoms with van der Waals surface area (Å²) in [6.45, 7) is 4.00. The summed E-state index contributed by atoms with van der Waals surface area (Å²) in [6.07, 6.45) is 1.57. The highest BCUT2D eigenvalue weighted by Gasteiger charge is 2.32. The number of rotatable bonds is 3. The number of phenols is 1. The lowest BCUT2D eigenvalue weighted by molar-refractivity contribution is -0.119. The molecule has 1 atom stereocenters. The predicted molar refractivity (Wildman–Crippen MR) is 77.5 cm³/mol. The molecule has 1 aliphatic heterocycles. The fourth-order valence-electron chi connectivity index (χ4n) is 1.58. The minimum atomic E-state index is -0.0948. The van der Waals surface area contributed by atoms with E-state index >= 15 is 0 Å². The molecular formula is C13H15N3O2S. The molecule has 1 heterocycles. The zero-order valence-electron chi connectivity index (χ0n) is 10.7. The van der Waals surface area contributed by atoms with Gasteiger partial charge in [-0.1, -0.05) is 25.6 Å². The summed E-state index contributed by atoms with van der Waals surface area (Å²) < 4.78 is 0. The third-order valence-corrected chi connectivity index (χ3v) is 4.00. The lowest BCUT2D eigenvalue weighted by Gasteiger charge is -2.07. The molecule has 0 unspecified atom stereocenters. The first kappa shape index (κ1) is 13.6. The molecule has 1 aromatic rings. The lowest BCUT2D eigenvalue weighted by Crippen LogP contribution is -2.27. The number of carbonyl (C=O) groups excluding carboxylic acids is 1. The van der Waals surface area contributed by atoms with Gasteiger partial charge in [0.1, 0.15) is 5.75 Å². The van der Waals surface area contributed by atoms with Crippen molar-refractivity contribution in [3.05, 3.63) is 29.8 Å². The lowest BCUT2D eigenvalue weighted by atomic mass is 10.1. The molecule has 6 heteroatoms. The van der Waals surface area contributed by atoms with Gasteiger partial charge in [0.2, 0.25) is 5.91 Å². The van der Waals surface area contributed by atoms with Crippen LogP contribution < -0.4 is 5.32 Å². The van der Waals surface area contributed by atoms with Crippen LogP contribution in [0.15, 0.2) is 34.5 Å². The Kier molecular flexibility index (Phi) is 4.21. The van der Waals surface area contributed by atoms with E-state index in [4.69, 9.17) is 5.11 Å². The first-order valence-electron chi connectivity index (χ1n) is 5.94. The Hall–Kier alpha value is -1.82. The fourth-order valence-corrected chi connectivity index (χ4v) is 2.51. The van der Waals surface area contributed by atoms with Gasteiger partial charge in [0, 0.05) is 0 Å². The van der Waals surface area contributed by atoms with E-state index in [2.05, 4.69) is 15.5 Å². The topological polar surface area (TPSA) is 74.1 Å². The number of hydrogen-bond donors (Lipinski definition) is 2. The van der Waals surface area contributed by atoms with Gasteiger partial charge in [-0.05, 0) is 35.7 Å². The zero-order chi connectivity index (χ0) is 13.8. The number of phenolic OH excluding ortho intramolecular Hbond substituents is 1. The van der Waals surface area contributed by atoms with Gasteiger partial charge in [-0.15, -0.1) is 5.10 Å². The van der Waals surface area contributed by atoms with Crippen LogP contribution in [-0.4, -0.2) is 27.6 Å². The fraction of sp³-hybridized carbons (Fsp3) is 0.308. The molecule has 1 aliphatic rings. The SMILES string of the molecule is CC(C)[C@@H]1SC(=N/N=C\c2ccc(O)cc2)NC1=O. The van der Waals surface area contributed by atoms with Crippen LogP contribution in [0.1, 0.15) is 19.4 Å². The molecule has 0 aromatic heterocycles. The molecule has 1 amide bonds. The van der Waals surface area contributed by atoms with Crippen molar-refractivity contribution in [2.75, 3.05) is 0 Å². The number of aromatic hydroxyl groups is 1.